The van der Waals surface area contributed by atoms with E-state index in [2.05, 4.69) is 16.7 Å². The van der Waals surface area contributed by atoms with Gasteiger partial charge < -0.3 is 10.0 Å². The molecule has 0 radical (unpaired) electrons. The molecule has 1 aliphatic heterocycles. The second-order valence-corrected chi connectivity index (χ2v) is 6.58. The molecule has 112 valence electrons. The summed E-state index contributed by atoms with van der Waals surface area (Å²) in [6.07, 6.45) is 3.13. The van der Waals surface area contributed by atoms with Crippen molar-refractivity contribution in [2.75, 3.05) is 32.8 Å². The highest BCUT2D eigenvalue weighted by molar-refractivity contribution is 7.14. The molecule has 0 unspecified atom stereocenters. The van der Waals surface area contributed by atoms with Gasteiger partial charge in [0.05, 0.1) is 16.4 Å². The van der Waals surface area contributed by atoms with Gasteiger partial charge in [0, 0.05) is 38.6 Å². The first-order valence-corrected chi connectivity index (χ1v) is 8.32. The number of carbonyl (C=O) groups is 1. The van der Waals surface area contributed by atoms with Crippen LogP contribution in [-0.4, -0.2) is 59.6 Å². The van der Waals surface area contributed by atoms with Crippen LogP contribution in [0.5, 0.6) is 0 Å². The van der Waals surface area contributed by atoms with Crippen molar-refractivity contribution in [2.45, 2.75) is 25.3 Å². The molecule has 1 aromatic heterocycles. The summed E-state index contributed by atoms with van der Waals surface area (Å²) in [4.78, 5) is 18.6. The first-order chi connectivity index (χ1) is 10.3. The Morgan fingerprint density at radius 1 is 1.29 bits per heavy atom. The van der Waals surface area contributed by atoms with Crippen molar-refractivity contribution in [1.82, 2.24) is 9.80 Å². The van der Waals surface area contributed by atoms with Crippen LogP contribution in [0.2, 0.25) is 0 Å². The topological polar surface area (TPSA) is 43.8 Å². The van der Waals surface area contributed by atoms with Gasteiger partial charge in [0.2, 0.25) is 0 Å². The molecule has 0 spiro atoms. The van der Waals surface area contributed by atoms with Gasteiger partial charge in [-0.05, 0) is 25.0 Å². The van der Waals surface area contributed by atoms with Crippen LogP contribution in [0.4, 0.5) is 0 Å². The van der Waals surface area contributed by atoms with Crippen LogP contribution in [0.15, 0.2) is 12.1 Å². The summed E-state index contributed by atoms with van der Waals surface area (Å²) in [7, 11) is 0. The van der Waals surface area contributed by atoms with E-state index in [-0.39, 0.29) is 12.5 Å². The maximum absolute atomic E-state index is 12.5. The smallest absolute Gasteiger partial charge is 0.264 e. The van der Waals surface area contributed by atoms with Gasteiger partial charge >= 0.3 is 0 Å². The Morgan fingerprint density at radius 2 is 2.05 bits per heavy atom. The van der Waals surface area contributed by atoms with E-state index in [0.29, 0.717) is 6.42 Å². The van der Waals surface area contributed by atoms with Gasteiger partial charge in [-0.3, -0.25) is 9.69 Å². The normalized spacial score (nSPS) is 19.2. The van der Waals surface area contributed by atoms with Crippen LogP contribution in [0.3, 0.4) is 0 Å². The predicted molar refractivity (Wildman–Crippen MR) is 83.4 cm³/mol. The quantitative estimate of drug-likeness (QED) is 0.859. The zero-order chi connectivity index (χ0) is 14.7. The number of hydrogen-bond donors (Lipinski definition) is 1. The minimum absolute atomic E-state index is 0.0788. The third-order valence-corrected chi connectivity index (χ3v) is 4.92. The van der Waals surface area contributed by atoms with Gasteiger partial charge in [0.15, 0.2) is 0 Å². The zero-order valence-corrected chi connectivity index (χ0v) is 12.9. The monoisotopic (exact) mass is 304 g/mol. The van der Waals surface area contributed by atoms with Crippen molar-refractivity contribution in [2.24, 2.45) is 0 Å². The molecule has 5 heteroatoms. The lowest BCUT2D eigenvalue weighted by Gasteiger charge is -2.34. The highest BCUT2D eigenvalue weighted by Gasteiger charge is 2.32. The lowest BCUT2D eigenvalue weighted by molar-refractivity contribution is 0.0632. The number of aliphatic hydroxyl groups excluding tert-OH is 1. The molecule has 4 nitrogen and oxygen atoms in total. The molecular weight excluding hydrogens is 284 g/mol. The van der Waals surface area contributed by atoms with Crippen molar-refractivity contribution < 1.29 is 9.90 Å². The van der Waals surface area contributed by atoms with Crippen LogP contribution in [-0.2, 0) is 0 Å². The molecule has 2 aliphatic rings. The summed E-state index contributed by atoms with van der Waals surface area (Å²) in [5, 5.41) is 8.71. The standard InChI is InChI=1S/C16H20N2O2S/c19-12-2-1-3-14-6-7-15(21-14)16(20)18-10-8-17(9-11-18)13-4-5-13/h6-7,13,19H,2,4-5,8-12H2. The van der Waals surface area contributed by atoms with E-state index < -0.39 is 0 Å². The summed E-state index contributed by atoms with van der Waals surface area (Å²) in [5.41, 5.74) is 0. The molecule has 1 amide bonds. The van der Waals surface area contributed by atoms with E-state index in [1.54, 1.807) is 0 Å². The number of thiophene rings is 1. The van der Waals surface area contributed by atoms with E-state index in [1.165, 1.54) is 24.2 Å². The van der Waals surface area contributed by atoms with Gasteiger partial charge in [-0.25, -0.2) is 0 Å². The van der Waals surface area contributed by atoms with Crippen LogP contribution in [0, 0.1) is 11.8 Å². The molecule has 0 bridgehead atoms. The van der Waals surface area contributed by atoms with Gasteiger partial charge in [0.1, 0.15) is 0 Å². The fraction of sp³-hybridized carbons (Fsp3) is 0.562. The molecule has 0 aromatic carbocycles. The maximum atomic E-state index is 12.5. The molecule has 0 atom stereocenters. The van der Waals surface area contributed by atoms with Gasteiger partial charge in [-0.15, -0.1) is 11.3 Å². The van der Waals surface area contributed by atoms with Gasteiger partial charge in [-0.1, -0.05) is 11.8 Å². The maximum Gasteiger partial charge on any atom is 0.264 e. The number of nitrogens with zero attached hydrogens (tertiary/aromatic N) is 2. The number of hydrogen-bond acceptors (Lipinski definition) is 4. The first kappa shape index (κ1) is 14.6. The summed E-state index contributed by atoms with van der Waals surface area (Å²) >= 11 is 1.44. The van der Waals surface area contributed by atoms with E-state index >= 15 is 0 Å². The highest BCUT2D eigenvalue weighted by Crippen LogP contribution is 2.28. The Labute approximate surface area is 129 Å². The van der Waals surface area contributed by atoms with Crippen LogP contribution in [0.1, 0.15) is 33.8 Å². The Bertz CT molecular complexity index is 560. The Hall–Kier alpha value is -1.35. The zero-order valence-electron chi connectivity index (χ0n) is 12.0. The highest BCUT2D eigenvalue weighted by atomic mass is 32.1. The number of rotatable bonds is 3. The number of amides is 1. The van der Waals surface area contributed by atoms with Crippen LogP contribution < -0.4 is 0 Å². The Kier molecular flexibility index (Phi) is 4.59. The van der Waals surface area contributed by atoms with E-state index in [0.717, 1.165) is 42.0 Å². The molecular formula is C16H20N2O2S. The largest absolute Gasteiger partial charge is 0.395 e. The summed E-state index contributed by atoms with van der Waals surface area (Å²) in [6.45, 7) is 3.75. The van der Waals surface area contributed by atoms with Gasteiger partial charge in [-0.2, -0.15) is 0 Å². The fourth-order valence-corrected chi connectivity index (χ4v) is 3.46. The van der Waals surface area contributed by atoms with Crippen molar-refractivity contribution in [3.63, 3.8) is 0 Å². The van der Waals surface area contributed by atoms with Crippen LogP contribution in [0.25, 0.3) is 0 Å². The SMILES string of the molecule is O=C(c1ccc(C#CCCO)s1)N1CCN(C2CC2)CC1. The van der Waals surface area contributed by atoms with Gasteiger partial charge in [0.25, 0.3) is 5.91 Å². The van der Waals surface area contributed by atoms with Crippen molar-refractivity contribution in [1.29, 1.82) is 0 Å². The summed E-state index contributed by atoms with van der Waals surface area (Å²) in [5.74, 6) is 6.00. The van der Waals surface area contributed by atoms with E-state index in [4.69, 9.17) is 5.11 Å². The summed E-state index contributed by atoms with van der Waals surface area (Å²) in [6, 6.07) is 4.55. The molecule has 1 N–H and O–H groups in total. The number of carbonyl (C=O) groups excluding carboxylic acids is 1. The van der Waals surface area contributed by atoms with Crippen LogP contribution >= 0.6 is 11.3 Å². The van der Waals surface area contributed by atoms with Crippen molar-refractivity contribution >= 4 is 17.2 Å². The average Bonchev–Trinajstić information content (AvgIpc) is 3.26. The second kappa shape index (κ2) is 6.61. The molecule has 1 saturated carbocycles. The third kappa shape index (κ3) is 3.65. The lowest BCUT2D eigenvalue weighted by Crippen LogP contribution is -2.49. The molecule has 1 aromatic rings. The fourth-order valence-electron chi connectivity index (χ4n) is 2.61. The molecule has 1 aliphatic carbocycles. The second-order valence-electron chi connectivity index (χ2n) is 5.50. The first-order valence-electron chi connectivity index (χ1n) is 7.51. The summed E-state index contributed by atoms with van der Waals surface area (Å²) < 4.78 is 0. The number of piperazine rings is 1. The molecule has 2 heterocycles. The molecule has 3 rings (SSSR count). The van der Waals surface area contributed by atoms with E-state index in [9.17, 15) is 4.79 Å². The molecule has 2 fully saturated rings. The predicted octanol–water partition coefficient (Wildman–Crippen LogP) is 1.40. The lowest BCUT2D eigenvalue weighted by atomic mass is 10.3. The Balaban J connectivity index is 1.57. The van der Waals surface area contributed by atoms with E-state index in [1.807, 2.05) is 17.0 Å². The number of aliphatic hydroxyl groups is 1. The minimum Gasteiger partial charge on any atom is -0.395 e. The van der Waals surface area contributed by atoms with Crippen molar-refractivity contribution in [3.8, 4) is 11.8 Å². The third-order valence-electron chi connectivity index (χ3n) is 3.93. The average molecular weight is 304 g/mol. The molecule has 21 heavy (non-hydrogen) atoms. The minimum atomic E-state index is 0.0788. The van der Waals surface area contributed by atoms with Crippen molar-refractivity contribution in [3.05, 3.63) is 21.9 Å². The molecule has 1 saturated heterocycles. The Morgan fingerprint density at radius 3 is 2.71 bits per heavy atom.